The Morgan fingerprint density at radius 2 is 1.70 bits per heavy atom. The first-order chi connectivity index (χ1) is 11.2. The second-order valence-electron chi connectivity index (χ2n) is 4.89. The van der Waals surface area contributed by atoms with E-state index in [1.165, 1.54) is 12.1 Å². The summed E-state index contributed by atoms with van der Waals surface area (Å²) in [6.45, 7) is 0. The van der Waals surface area contributed by atoms with Gasteiger partial charge in [-0.15, -0.1) is 0 Å². The normalized spacial score (nSPS) is 11.3. The lowest BCUT2D eigenvalue weighted by Gasteiger charge is -1.99. The fourth-order valence-electron chi connectivity index (χ4n) is 2.15. The van der Waals surface area contributed by atoms with Crippen LogP contribution in [0.15, 0.2) is 65.1 Å². The largest absolute Gasteiger partial charge is 0.457 e. The molecule has 0 aliphatic rings. The minimum absolute atomic E-state index is 0.339. The van der Waals surface area contributed by atoms with Crippen LogP contribution in [-0.4, -0.2) is 0 Å². The maximum atomic E-state index is 13.0. The summed E-state index contributed by atoms with van der Waals surface area (Å²) in [5.74, 6) is 0.897. The second kappa shape index (κ2) is 6.51. The average Bonchev–Trinajstić information content (AvgIpc) is 3.03. The predicted molar refractivity (Wildman–Crippen MR) is 89.0 cm³/mol. The summed E-state index contributed by atoms with van der Waals surface area (Å²) in [5, 5.41) is 9.95. The van der Waals surface area contributed by atoms with Crippen LogP contribution in [0.2, 0.25) is 5.02 Å². The fourth-order valence-corrected chi connectivity index (χ4v) is 2.28. The third-order valence-electron chi connectivity index (χ3n) is 3.32. The molecule has 2 nitrogen and oxygen atoms in total. The second-order valence-corrected chi connectivity index (χ2v) is 5.32. The number of furan rings is 1. The molecular weight excluding hydrogens is 313 g/mol. The molecule has 1 heterocycles. The third kappa shape index (κ3) is 3.50. The summed E-state index contributed by atoms with van der Waals surface area (Å²) >= 11 is 5.87. The van der Waals surface area contributed by atoms with Crippen molar-refractivity contribution in [3.05, 3.63) is 82.8 Å². The van der Waals surface area contributed by atoms with Gasteiger partial charge in [0.1, 0.15) is 17.3 Å². The monoisotopic (exact) mass is 323 g/mol. The number of halogens is 2. The highest BCUT2D eigenvalue weighted by atomic mass is 35.5. The van der Waals surface area contributed by atoms with Crippen LogP contribution in [0.1, 0.15) is 11.3 Å². The molecule has 0 amide bonds. The van der Waals surface area contributed by atoms with Gasteiger partial charge >= 0.3 is 0 Å². The first kappa shape index (κ1) is 15.1. The Morgan fingerprint density at radius 3 is 2.35 bits per heavy atom. The van der Waals surface area contributed by atoms with Gasteiger partial charge in [0.15, 0.2) is 0 Å². The van der Waals surface area contributed by atoms with Crippen LogP contribution in [0.25, 0.3) is 23.0 Å². The van der Waals surface area contributed by atoms with Gasteiger partial charge in [0, 0.05) is 10.6 Å². The number of nitrogens with zero attached hydrogens (tertiary/aromatic N) is 1. The van der Waals surface area contributed by atoms with E-state index >= 15 is 0 Å². The van der Waals surface area contributed by atoms with Gasteiger partial charge in [0.2, 0.25) is 0 Å². The summed E-state index contributed by atoms with van der Waals surface area (Å²) in [6.07, 6.45) is 1.63. The summed E-state index contributed by atoms with van der Waals surface area (Å²) in [7, 11) is 0. The van der Waals surface area contributed by atoms with E-state index in [9.17, 15) is 9.65 Å². The number of benzene rings is 2. The van der Waals surface area contributed by atoms with Crippen LogP contribution >= 0.6 is 11.6 Å². The minimum Gasteiger partial charge on any atom is -0.457 e. The molecule has 3 rings (SSSR count). The van der Waals surface area contributed by atoms with Crippen molar-refractivity contribution in [2.75, 3.05) is 0 Å². The van der Waals surface area contributed by atoms with E-state index in [4.69, 9.17) is 16.0 Å². The van der Waals surface area contributed by atoms with Gasteiger partial charge in [-0.25, -0.2) is 4.39 Å². The Morgan fingerprint density at radius 1 is 1.00 bits per heavy atom. The highest BCUT2D eigenvalue weighted by Crippen LogP contribution is 2.26. The van der Waals surface area contributed by atoms with Crippen molar-refractivity contribution < 1.29 is 8.81 Å². The molecule has 4 heteroatoms. The Balaban J connectivity index is 1.91. The minimum atomic E-state index is -0.339. The van der Waals surface area contributed by atoms with Crippen LogP contribution in [0, 0.1) is 17.1 Å². The van der Waals surface area contributed by atoms with Crippen LogP contribution in [0.3, 0.4) is 0 Å². The number of nitriles is 1. The maximum absolute atomic E-state index is 13.0. The van der Waals surface area contributed by atoms with E-state index in [-0.39, 0.29) is 5.82 Å². The zero-order valence-corrected chi connectivity index (χ0v) is 12.7. The van der Waals surface area contributed by atoms with Crippen LogP contribution < -0.4 is 0 Å². The molecule has 0 bridgehead atoms. The van der Waals surface area contributed by atoms with Crippen LogP contribution in [-0.2, 0) is 0 Å². The smallest absolute Gasteiger partial charge is 0.134 e. The Labute approximate surface area is 138 Å². The third-order valence-corrected chi connectivity index (χ3v) is 3.57. The summed E-state index contributed by atoms with van der Waals surface area (Å²) in [4.78, 5) is 0. The zero-order chi connectivity index (χ0) is 16.2. The summed E-state index contributed by atoms with van der Waals surface area (Å²) in [6, 6.07) is 18.8. The van der Waals surface area contributed by atoms with E-state index in [0.717, 1.165) is 5.56 Å². The van der Waals surface area contributed by atoms with Gasteiger partial charge in [-0.05, 0) is 60.2 Å². The van der Waals surface area contributed by atoms with Gasteiger partial charge in [-0.2, -0.15) is 5.26 Å². The molecule has 0 spiro atoms. The molecule has 0 saturated heterocycles. The Bertz CT molecular complexity index is 886. The van der Waals surface area contributed by atoms with Crippen molar-refractivity contribution in [3.8, 4) is 17.4 Å². The van der Waals surface area contributed by atoms with E-state index in [0.29, 0.717) is 27.7 Å². The van der Waals surface area contributed by atoms with E-state index in [2.05, 4.69) is 6.07 Å². The molecule has 2 aromatic carbocycles. The van der Waals surface area contributed by atoms with Gasteiger partial charge in [-0.3, -0.25) is 0 Å². The summed E-state index contributed by atoms with van der Waals surface area (Å²) in [5.41, 5.74) is 1.94. The van der Waals surface area contributed by atoms with E-state index in [1.807, 2.05) is 18.2 Å². The lowest BCUT2D eigenvalue weighted by Crippen LogP contribution is -1.82. The lowest BCUT2D eigenvalue weighted by molar-refractivity contribution is 0.572. The highest BCUT2D eigenvalue weighted by molar-refractivity contribution is 6.30. The molecule has 0 saturated carbocycles. The lowest BCUT2D eigenvalue weighted by atomic mass is 10.1. The van der Waals surface area contributed by atoms with Crippen LogP contribution in [0.5, 0.6) is 0 Å². The van der Waals surface area contributed by atoms with Gasteiger partial charge in [0.25, 0.3) is 0 Å². The molecular formula is C19H11ClFNO. The molecule has 23 heavy (non-hydrogen) atoms. The molecule has 0 atom stereocenters. The van der Waals surface area contributed by atoms with Crippen molar-refractivity contribution in [1.29, 1.82) is 5.26 Å². The van der Waals surface area contributed by atoms with Gasteiger partial charge in [-0.1, -0.05) is 23.7 Å². The molecule has 0 N–H and O–H groups in total. The molecule has 0 radical (unpaired) electrons. The fraction of sp³-hybridized carbons (Fsp3) is 0. The van der Waals surface area contributed by atoms with Crippen molar-refractivity contribution in [3.63, 3.8) is 0 Å². The number of hydrogen-bond acceptors (Lipinski definition) is 2. The highest BCUT2D eigenvalue weighted by Gasteiger charge is 2.06. The van der Waals surface area contributed by atoms with E-state index in [1.54, 1.807) is 36.4 Å². The zero-order valence-electron chi connectivity index (χ0n) is 12.0. The Kier molecular flexibility index (Phi) is 4.27. The van der Waals surface area contributed by atoms with Gasteiger partial charge < -0.3 is 4.42 Å². The quantitative estimate of drug-likeness (QED) is 0.571. The topological polar surface area (TPSA) is 36.9 Å². The molecule has 112 valence electrons. The molecule has 1 aromatic heterocycles. The SMILES string of the molecule is N#CC(=Cc1ccc(-c2ccc(Cl)cc2)o1)c1ccc(F)cc1. The first-order valence-electron chi connectivity index (χ1n) is 6.89. The molecule has 0 aliphatic heterocycles. The maximum Gasteiger partial charge on any atom is 0.134 e. The number of hydrogen-bond donors (Lipinski definition) is 0. The van der Waals surface area contributed by atoms with E-state index < -0.39 is 0 Å². The average molecular weight is 324 g/mol. The predicted octanol–water partition coefficient (Wildman–Crippen LogP) is 5.80. The standard InChI is InChI=1S/C19H11ClFNO/c20-16-5-1-14(2-6-16)19-10-9-18(23-19)11-15(12-22)13-3-7-17(21)8-4-13/h1-11H. The molecule has 3 aromatic rings. The van der Waals surface area contributed by atoms with Gasteiger partial charge in [0.05, 0.1) is 11.6 Å². The number of allylic oxidation sites excluding steroid dienone is 1. The Hall–Kier alpha value is -2.83. The molecule has 0 unspecified atom stereocenters. The van der Waals surface area contributed by atoms with Crippen molar-refractivity contribution in [2.45, 2.75) is 0 Å². The summed E-state index contributed by atoms with van der Waals surface area (Å²) < 4.78 is 18.7. The van der Waals surface area contributed by atoms with Crippen molar-refractivity contribution in [2.24, 2.45) is 0 Å². The molecule has 0 fully saturated rings. The molecule has 0 aliphatic carbocycles. The van der Waals surface area contributed by atoms with Crippen molar-refractivity contribution >= 4 is 23.3 Å². The number of rotatable bonds is 3. The van der Waals surface area contributed by atoms with Crippen molar-refractivity contribution in [1.82, 2.24) is 0 Å². The first-order valence-corrected chi connectivity index (χ1v) is 7.27. The van der Waals surface area contributed by atoms with Crippen LogP contribution in [0.4, 0.5) is 4.39 Å².